The molecule has 66 valence electrons. The van der Waals surface area contributed by atoms with E-state index in [1.165, 1.54) is 0 Å². The van der Waals surface area contributed by atoms with Crippen molar-refractivity contribution in [3.63, 3.8) is 0 Å². The summed E-state index contributed by atoms with van der Waals surface area (Å²) in [6.45, 7) is 5.90. The van der Waals surface area contributed by atoms with Crippen molar-refractivity contribution in [3.05, 3.63) is 27.9 Å². The second-order valence-electron chi connectivity index (χ2n) is 3.31. The van der Waals surface area contributed by atoms with Gasteiger partial charge >= 0.3 is 0 Å². The van der Waals surface area contributed by atoms with E-state index in [2.05, 4.69) is 4.98 Å². The number of hydrogen-bond donors (Lipinski definition) is 0. The van der Waals surface area contributed by atoms with E-state index in [0.29, 0.717) is 5.92 Å². The molecule has 0 aliphatic carbocycles. The quantitative estimate of drug-likeness (QED) is 0.628. The number of aryl methyl sites for hydroxylation is 1. The van der Waals surface area contributed by atoms with Crippen LogP contribution >= 0.6 is 0 Å². The van der Waals surface area contributed by atoms with Gasteiger partial charge in [-0.25, -0.2) is 4.98 Å². The molecule has 0 saturated carbocycles. The molecule has 0 N–H and O–H groups in total. The first-order chi connectivity index (χ1) is 5.52. The highest BCUT2D eigenvalue weighted by Crippen LogP contribution is 2.08. The molecule has 0 bridgehead atoms. The van der Waals surface area contributed by atoms with Gasteiger partial charge in [-0.3, -0.25) is 9.36 Å². The Balaban J connectivity index is 3.38. The standard InChI is InChI=1S/C9H14N2O/c1-6(2)9-10-7(3)5-8(12)11(9)4/h5-6H,1-4H3. The SMILES string of the molecule is Cc1cc(=O)n(C)c(C(C)C)n1. The Kier molecular flexibility index (Phi) is 2.31. The van der Waals surface area contributed by atoms with Crippen LogP contribution in [-0.2, 0) is 7.05 Å². The molecule has 1 aromatic rings. The summed E-state index contributed by atoms with van der Waals surface area (Å²) in [6, 6.07) is 1.55. The van der Waals surface area contributed by atoms with Crippen LogP contribution in [0.25, 0.3) is 0 Å². The summed E-state index contributed by atoms with van der Waals surface area (Å²) in [5.41, 5.74) is 0.813. The van der Waals surface area contributed by atoms with Crippen LogP contribution in [0, 0.1) is 6.92 Å². The van der Waals surface area contributed by atoms with E-state index in [-0.39, 0.29) is 5.56 Å². The van der Waals surface area contributed by atoms with Crippen molar-refractivity contribution in [1.82, 2.24) is 9.55 Å². The Hall–Kier alpha value is -1.12. The normalized spacial score (nSPS) is 10.8. The molecule has 0 aliphatic heterocycles. The summed E-state index contributed by atoms with van der Waals surface area (Å²) in [5.74, 6) is 1.14. The second-order valence-corrected chi connectivity index (χ2v) is 3.31. The van der Waals surface area contributed by atoms with Gasteiger partial charge in [0.2, 0.25) is 0 Å². The van der Waals surface area contributed by atoms with Crippen molar-refractivity contribution in [2.45, 2.75) is 26.7 Å². The molecule has 3 heteroatoms. The van der Waals surface area contributed by atoms with Gasteiger partial charge in [-0.2, -0.15) is 0 Å². The largest absolute Gasteiger partial charge is 0.300 e. The van der Waals surface area contributed by atoms with Gasteiger partial charge < -0.3 is 0 Å². The fourth-order valence-electron chi connectivity index (χ4n) is 1.19. The van der Waals surface area contributed by atoms with Gasteiger partial charge in [0.1, 0.15) is 5.82 Å². The minimum atomic E-state index is 0.0196. The van der Waals surface area contributed by atoms with E-state index < -0.39 is 0 Å². The summed E-state index contributed by atoms with van der Waals surface area (Å²) in [7, 11) is 1.75. The first-order valence-electron chi connectivity index (χ1n) is 4.07. The number of aromatic nitrogens is 2. The third kappa shape index (κ3) is 1.55. The molecule has 1 heterocycles. The summed E-state index contributed by atoms with van der Waals surface area (Å²) < 4.78 is 1.59. The first kappa shape index (κ1) is 8.97. The van der Waals surface area contributed by atoms with Gasteiger partial charge in [0.15, 0.2) is 0 Å². The van der Waals surface area contributed by atoms with Crippen LogP contribution < -0.4 is 5.56 Å². The van der Waals surface area contributed by atoms with Crippen LogP contribution in [0.15, 0.2) is 10.9 Å². The van der Waals surface area contributed by atoms with Crippen molar-refractivity contribution < 1.29 is 0 Å². The average molecular weight is 166 g/mol. The molecule has 12 heavy (non-hydrogen) atoms. The zero-order chi connectivity index (χ0) is 9.30. The highest BCUT2D eigenvalue weighted by molar-refractivity contribution is 5.04. The molecular weight excluding hydrogens is 152 g/mol. The summed E-state index contributed by atoms with van der Waals surface area (Å²) in [5, 5.41) is 0. The van der Waals surface area contributed by atoms with E-state index >= 15 is 0 Å². The number of rotatable bonds is 1. The highest BCUT2D eigenvalue weighted by atomic mass is 16.1. The fraction of sp³-hybridized carbons (Fsp3) is 0.556. The molecule has 0 unspecified atom stereocenters. The lowest BCUT2D eigenvalue weighted by Crippen LogP contribution is -2.22. The molecule has 0 saturated heterocycles. The van der Waals surface area contributed by atoms with Crippen molar-refractivity contribution in [2.24, 2.45) is 7.05 Å². The lowest BCUT2D eigenvalue weighted by atomic mass is 10.2. The molecular formula is C9H14N2O. The summed E-state index contributed by atoms with van der Waals surface area (Å²) >= 11 is 0. The van der Waals surface area contributed by atoms with Crippen LogP contribution in [0.3, 0.4) is 0 Å². The Morgan fingerprint density at radius 2 is 2.08 bits per heavy atom. The molecule has 0 radical (unpaired) electrons. The van der Waals surface area contributed by atoms with E-state index in [0.717, 1.165) is 11.5 Å². The third-order valence-corrected chi connectivity index (χ3v) is 1.81. The van der Waals surface area contributed by atoms with Gasteiger partial charge in [-0.05, 0) is 6.92 Å². The maximum Gasteiger partial charge on any atom is 0.253 e. The van der Waals surface area contributed by atoms with Crippen LogP contribution in [0.5, 0.6) is 0 Å². The fourth-order valence-corrected chi connectivity index (χ4v) is 1.19. The summed E-state index contributed by atoms with van der Waals surface area (Å²) in [6.07, 6.45) is 0. The number of nitrogens with zero attached hydrogens (tertiary/aromatic N) is 2. The maximum atomic E-state index is 11.3. The summed E-state index contributed by atoms with van der Waals surface area (Å²) in [4.78, 5) is 15.6. The minimum absolute atomic E-state index is 0.0196. The van der Waals surface area contributed by atoms with Crippen molar-refractivity contribution in [1.29, 1.82) is 0 Å². The predicted octanol–water partition coefficient (Wildman–Crippen LogP) is 1.21. The van der Waals surface area contributed by atoms with E-state index in [1.807, 2.05) is 20.8 Å². The Morgan fingerprint density at radius 3 is 2.58 bits per heavy atom. The average Bonchev–Trinajstić information content (AvgIpc) is 1.96. The third-order valence-electron chi connectivity index (χ3n) is 1.81. The second kappa shape index (κ2) is 3.09. The van der Waals surface area contributed by atoms with Crippen LogP contribution in [0.2, 0.25) is 0 Å². The molecule has 1 rings (SSSR count). The van der Waals surface area contributed by atoms with Gasteiger partial charge in [0.25, 0.3) is 5.56 Å². The molecule has 0 atom stereocenters. The molecule has 3 nitrogen and oxygen atoms in total. The Labute approximate surface area is 72.1 Å². The van der Waals surface area contributed by atoms with Crippen LogP contribution in [0.1, 0.15) is 31.3 Å². The van der Waals surface area contributed by atoms with Crippen LogP contribution in [-0.4, -0.2) is 9.55 Å². The van der Waals surface area contributed by atoms with Gasteiger partial charge in [0, 0.05) is 24.7 Å². The van der Waals surface area contributed by atoms with Crippen molar-refractivity contribution in [2.75, 3.05) is 0 Å². The molecule has 0 spiro atoms. The Bertz CT molecular complexity index is 339. The van der Waals surface area contributed by atoms with Crippen molar-refractivity contribution >= 4 is 0 Å². The zero-order valence-electron chi connectivity index (χ0n) is 7.96. The smallest absolute Gasteiger partial charge is 0.253 e. The van der Waals surface area contributed by atoms with Gasteiger partial charge in [-0.1, -0.05) is 13.8 Å². The predicted molar refractivity (Wildman–Crippen MR) is 48.3 cm³/mol. The zero-order valence-corrected chi connectivity index (χ0v) is 7.96. The minimum Gasteiger partial charge on any atom is -0.300 e. The van der Waals surface area contributed by atoms with E-state index in [1.54, 1.807) is 17.7 Å². The molecule has 0 fully saturated rings. The van der Waals surface area contributed by atoms with Crippen molar-refractivity contribution in [3.8, 4) is 0 Å². The lowest BCUT2D eigenvalue weighted by Gasteiger charge is -2.10. The first-order valence-corrected chi connectivity index (χ1v) is 4.07. The topological polar surface area (TPSA) is 34.9 Å². The van der Waals surface area contributed by atoms with Gasteiger partial charge in [0.05, 0.1) is 0 Å². The molecule has 0 amide bonds. The monoisotopic (exact) mass is 166 g/mol. The maximum absolute atomic E-state index is 11.3. The van der Waals surface area contributed by atoms with E-state index in [4.69, 9.17) is 0 Å². The van der Waals surface area contributed by atoms with E-state index in [9.17, 15) is 4.79 Å². The Morgan fingerprint density at radius 1 is 1.50 bits per heavy atom. The molecule has 1 aromatic heterocycles. The van der Waals surface area contributed by atoms with Gasteiger partial charge in [-0.15, -0.1) is 0 Å². The van der Waals surface area contributed by atoms with Crippen LogP contribution in [0.4, 0.5) is 0 Å². The molecule has 0 aliphatic rings. The molecule has 0 aromatic carbocycles. The highest BCUT2D eigenvalue weighted by Gasteiger charge is 2.06. The lowest BCUT2D eigenvalue weighted by molar-refractivity contribution is 0.659. The number of hydrogen-bond acceptors (Lipinski definition) is 2.